The van der Waals surface area contributed by atoms with Crippen LogP contribution >= 0.6 is 0 Å². The van der Waals surface area contributed by atoms with E-state index in [0.717, 1.165) is 16.6 Å². The van der Waals surface area contributed by atoms with Crippen LogP contribution < -0.4 is 0 Å². The lowest BCUT2D eigenvalue weighted by molar-refractivity contribution is 0.161. The number of fused-ring (bicyclic) bond motifs is 1. The van der Waals surface area contributed by atoms with Crippen LogP contribution in [0.4, 0.5) is 0 Å². The Morgan fingerprint density at radius 3 is 2.62 bits per heavy atom. The van der Waals surface area contributed by atoms with Gasteiger partial charge < -0.3 is 19.7 Å². The van der Waals surface area contributed by atoms with Crippen molar-refractivity contribution < 1.29 is 9.84 Å². The largest absolute Gasteiger partial charge is 0.509 e. The van der Waals surface area contributed by atoms with E-state index in [0.29, 0.717) is 24.5 Å². The van der Waals surface area contributed by atoms with Gasteiger partial charge in [0.2, 0.25) is 0 Å². The lowest BCUT2D eigenvalue weighted by Gasteiger charge is -2.27. The summed E-state index contributed by atoms with van der Waals surface area (Å²) in [6.07, 6.45) is 0. The van der Waals surface area contributed by atoms with Crippen molar-refractivity contribution >= 4 is 22.4 Å². The molecule has 2 aromatic carbocycles. The molecular weight excluding hydrogens is 328 g/mol. The van der Waals surface area contributed by atoms with Crippen LogP contribution in [-0.4, -0.2) is 46.1 Å². The normalized spacial score (nSPS) is 17.5. The number of aromatic amines is 1. The first-order valence-corrected chi connectivity index (χ1v) is 8.48. The average Bonchev–Trinajstić information content (AvgIpc) is 3.18. The summed E-state index contributed by atoms with van der Waals surface area (Å²) in [7, 11) is 1.63. The number of aliphatic hydroxyl groups excluding tert-OH is 1. The molecule has 0 amide bonds. The molecule has 0 fully saturated rings. The van der Waals surface area contributed by atoms with Crippen LogP contribution in [0.2, 0.25) is 0 Å². The van der Waals surface area contributed by atoms with Crippen LogP contribution in [0.1, 0.15) is 17.4 Å². The number of nitrogens with one attached hydrogen (secondary N) is 2. The molecule has 3 aromatic rings. The highest BCUT2D eigenvalue weighted by Gasteiger charge is 2.39. The number of ether oxygens (including phenoxy) is 1. The van der Waals surface area contributed by atoms with Crippen LogP contribution in [0.15, 0.2) is 60.4 Å². The Morgan fingerprint density at radius 2 is 1.88 bits per heavy atom. The molecule has 1 atom stereocenters. The second-order valence-electron chi connectivity index (χ2n) is 6.21. The zero-order valence-corrected chi connectivity index (χ0v) is 14.4. The van der Waals surface area contributed by atoms with Crippen molar-refractivity contribution in [1.82, 2.24) is 14.9 Å². The summed E-state index contributed by atoms with van der Waals surface area (Å²) in [6.45, 7) is 0.967. The third-order valence-corrected chi connectivity index (χ3v) is 4.63. The predicted octanol–water partition coefficient (Wildman–Crippen LogP) is 3.51. The van der Waals surface area contributed by atoms with E-state index in [2.05, 4.69) is 9.97 Å². The number of H-pyrrole nitrogens is 1. The molecule has 0 bridgehead atoms. The van der Waals surface area contributed by atoms with Crippen molar-refractivity contribution in [3.8, 4) is 0 Å². The fourth-order valence-corrected chi connectivity index (χ4v) is 3.39. The van der Waals surface area contributed by atoms with E-state index >= 15 is 0 Å². The Hall–Kier alpha value is -3.12. The Balaban J connectivity index is 1.81. The summed E-state index contributed by atoms with van der Waals surface area (Å²) in [4.78, 5) is 9.63. The fraction of sp³-hybridized carbons (Fsp3) is 0.200. The van der Waals surface area contributed by atoms with Gasteiger partial charge in [-0.2, -0.15) is 0 Å². The quantitative estimate of drug-likeness (QED) is 0.659. The zero-order valence-electron chi connectivity index (χ0n) is 14.4. The van der Waals surface area contributed by atoms with Crippen LogP contribution in [-0.2, 0) is 4.74 Å². The second kappa shape index (κ2) is 6.65. The van der Waals surface area contributed by atoms with Crippen LogP contribution in [0.3, 0.4) is 0 Å². The molecule has 0 saturated carbocycles. The Bertz CT molecular complexity index is 945. The summed E-state index contributed by atoms with van der Waals surface area (Å²) in [5, 5.41) is 19.7. The molecule has 1 aromatic heterocycles. The molecule has 0 spiro atoms. The smallest absolute Gasteiger partial charge is 0.145 e. The Morgan fingerprint density at radius 1 is 1.15 bits per heavy atom. The minimum atomic E-state index is -0.415. The van der Waals surface area contributed by atoms with E-state index in [4.69, 9.17) is 10.1 Å². The van der Waals surface area contributed by atoms with E-state index < -0.39 is 6.04 Å². The van der Waals surface area contributed by atoms with E-state index in [1.165, 1.54) is 0 Å². The van der Waals surface area contributed by atoms with Gasteiger partial charge in [0, 0.05) is 13.7 Å². The Kier molecular flexibility index (Phi) is 4.18. The SMILES string of the molecule is COCCN1C(=N)C(c2nc3ccccc3[nH]2)=C(O)[C@@H]1c1ccccc1. The van der Waals surface area contributed by atoms with Gasteiger partial charge in [-0.3, -0.25) is 5.41 Å². The van der Waals surface area contributed by atoms with Gasteiger partial charge in [0.1, 0.15) is 23.5 Å². The number of imidazole rings is 1. The molecule has 0 saturated heterocycles. The Labute approximate surface area is 151 Å². The molecule has 4 rings (SSSR count). The molecular formula is C20H20N4O2. The first kappa shape index (κ1) is 16.4. The van der Waals surface area contributed by atoms with E-state index in [9.17, 15) is 5.11 Å². The number of benzene rings is 2. The summed E-state index contributed by atoms with van der Waals surface area (Å²) in [6, 6.07) is 17.0. The number of nitrogens with zero attached hydrogens (tertiary/aromatic N) is 2. The number of aromatic nitrogens is 2. The first-order chi connectivity index (χ1) is 12.7. The maximum Gasteiger partial charge on any atom is 0.145 e. The van der Waals surface area contributed by atoms with Crippen LogP contribution in [0, 0.1) is 5.41 Å². The van der Waals surface area contributed by atoms with Gasteiger partial charge in [0.15, 0.2) is 0 Å². The maximum absolute atomic E-state index is 11.0. The standard InChI is InChI=1S/C20H20N4O2/c1-26-12-11-24-17(13-7-3-2-4-8-13)18(25)16(19(24)21)20-22-14-9-5-6-10-15(14)23-20/h2-10,17,21,25H,11-12H2,1H3,(H,22,23)/t17-/m0/s1. The lowest BCUT2D eigenvalue weighted by atomic mass is 10.0. The maximum atomic E-state index is 11.0. The van der Waals surface area contributed by atoms with Crippen LogP contribution in [0.25, 0.3) is 16.6 Å². The van der Waals surface area contributed by atoms with Gasteiger partial charge in [-0.05, 0) is 17.7 Å². The van der Waals surface area contributed by atoms with Crippen molar-refractivity contribution in [2.75, 3.05) is 20.3 Å². The van der Waals surface area contributed by atoms with Gasteiger partial charge in [0.05, 0.1) is 23.2 Å². The zero-order chi connectivity index (χ0) is 18.1. The summed E-state index contributed by atoms with van der Waals surface area (Å²) < 4.78 is 5.20. The van der Waals surface area contributed by atoms with Gasteiger partial charge >= 0.3 is 0 Å². The molecule has 3 N–H and O–H groups in total. The van der Waals surface area contributed by atoms with Crippen molar-refractivity contribution in [2.24, 2.45) is 0 Å². The highest BCUT2D eigenvalue weighted by atomic mass is 16.5. The van der Waals surface area contributed by atoms with Crippen molar-refractivity contribution in [3.63, 3.8) is 0 Å². The monoisotopic (exact) mass is 348 g/mol. The lowest BCUT2D eigenvalue weighted by Crippen LogP contribution is -2.32. The summed E-state index contributed by atoms with van der Waals surface area (Å²) >= 11 is 0. The van der Waals surface area contributed by atoms with E-state index in [1.54, 1.807) is 7.11 Å². The van der Waals surface area contributed by atoms with E-state index in [1.807, 2.05) is 59.5 Å². The number of hydrogen-bond acceptors (Lipinski definition) is 4. The second-order valence-corrected chi connectivity index (χ2v) is 6.21. The highest BCUT2D eigenvalue weighted by molar-refractivity contribution is 6.23. The predicted molar refractivity (Wildman–Crippen MR) is 101 cm³/mol. The van der Waals surface area contributed by atoms with Crippen molar-refractivity contribution in [3.05, 3.63) is 71.7 Å². The number of hydrogen-bond donors (Lipinski definition) is 3. The van der Waals surface area contributed by atoms with Crippen molar-refractivity contribution in [2.45, 2.75) is 6.04 Å². The minimum absolute atomic E-state index is 0.136. The number of methoxy groups -OCH3 is 1. The molecule has 132 valence electrons. The molecule has 2 heterocycles. The van der Waals surface area contributed by atoms with Gasteiger partial charge in [0.25, 0.3) is 0 Å². The third kappa shape index (κ3) is 2.64. The molecule has 6 nitrogen and oxygen atoms in total. The third-order valence-electron chi connectivity index (χ3n) is 4.63. The molecule has 0 unspecified atom stereocenters. The summed E-state index contributed by atoms with van der Waals surface area (Å²) in [5.74, 6) is 0.887. The van der Waals surface area contributed by atoms with Gasteiger partial charge in [-0.25, -0.2) is 4.98 Å². The molecule has 1 aliphatic rings. The van der Waals surface area contributed by atoms with E-state index in [-0.39, 0.29) is 11.6 Å². The van der Waals surface area contributed by atoms with Crippen LogP contribution in [0.5, 0.6) is 0 Å². The number of amidine groups is 1. The molecule has 6 heteroatoms. The highest BCUT2D eigenvalue weighted by Crippen LogP contribution is 2.40. The average molecular weight is 348 g/mol. The minimum Gasteiger partial charge on any atom is -0.509 e. The molecule has 0 radical (unpaired) electrons. The van der Waals surface area contributed by atoms with Gasteiger partial charge in [-0.15, -0.1) is 0 Å². The molecule has 0 aliphatic carbocycles. The van der Waals surface area contributed by atoms with Gasteiger partial charge in [-0.1, -0.05) is 42.5 Å². The molecule has 1 aliphatic heterocycles. The fourth-order valence-electron chi connectivity index (χ4n) is 3.39. The molecule has 26 heavy (non-hydrogen) atoms. The number of rotatable bonds is 5. The number of aliphatic hydroxyl groups is 1. The topological polar surface area (TPSA) is 85.2 Å². The summed E-state index contributed by atoms with van der Waals surface area (Å²) in [5.41, 5.74) is 3.05. The number of para-hydroxylation sites is 2. The van der Waals surface area contributed by atoms with Crippen molar-refractivity contribution in [1.29, 1.82) is 5.41 Å². The first-order valence-electron chi connectivity index (χ1n) is 8.48.